The van der Waals surface area contributed by atoms with E-state index in [2.05, 4.69) is 10.5 Å². The standard InChI is InChI=1S/C17H30N2O3/c1-10(2)15(20)17(6,7)9-18-16(21)11(3)8-14-12(4)19-22-13(14)5/h10-11,15,20H,8-9H2,1-7H3,(H,18,21). The first kappa shape index (κ1) is 18.7. The molecule has 0 aromatic carbocycles. The van der Waals surface area contributed by atoms with E-state index >= 15 is 0 Å². The molecule has 2 N–H and O–H groups in total. The van der Waals surface area contributed by atoms with Gasteiger partial charge >= 0.3 is 0 Å². The molecule has 1 aromatic rings. The summed E-state index contributed by atoms with van der Waals surface area (Å²) in [5, 5.41) is 17.1. The summed E-state index contributed by atoms with van der Waals surface area (Å²) in [6.07, 6.45) is 0.158. The fraction of sp³-hybridized carbons (Fsp3) is 0.765. The van der Waals surface area contributed by atoms with Crippen molar-refractivity contribution < 1.29 is 14.4 Å². The maximum atomic E-state index is 12.3. The first-order valence-electron chi connectivity index (χ1n) is 7.93. The summed E-state index contributed by atoms with van der Waals surface area (Å²) < 4.78 is 5.13. The molecule has 0 aliphatic rings. The zero-order chi connectivity index (χ0) is 17.1. The molecule has 1 heterocycles. The van der Waals surface area contributed by atoms with Gasteiger partial charge in [-0.25, -0.2) is 0 Å². The molecule has 0 radical (unpaired) electrons. The number of nitrogens with zero attached hydrogens (tertiary/aromatic N) is 1. The van der Waals surface area contributed by atoms with Gasteiger partial charge in [0.2, 0.25) is 5.91 Å². The van der Waals surface area contributed by atoms with E-state index in [9.17, 15) is 9.90 Å². The Morgan fingerprint density at radius 2 is 1.91 bits per heavy atom. The SMILES string of the molecule is Cc1noc(C)c1CC(C)C(=O)NCC(C)(C)C(O)C(C)C. The summed E-state index contributed by atoms with van der Waals surface area (Å²) in [6.45, 7) is 14.0. The molecule has 1 amide bonds. The van der Waals surface area contributed by atoms with Crippen LogP contribution in [0.1, 0.15) is 51.6 Å². The van der Waals surface area contributed by atoms with Gasteiger partial charge in [-0.15, -0.1) is 0 Å². The molecule has 0 saturated heterocycles. The smallest absolute Gasteiger partial charge is 0.223 e. The predicted molar refractivity (Wildman–Crippen MR) is 86.5 cm³/mol. The molecule has 0 aliphatic carbocycles. The summed E-state index contributed by atoms with van der Waals surface area (Å²) in [7, 11) is 0. The van der Waals surface area contributed by atoms with E-state index in [0.29, 0.717) is 13.0 Å². The van der Waals surface area contributed by atoms with E-state index < -0.39 is 6.10 Å². The van der Waals surface area contributed by atoms with Crippen LogP contribution in [0, 0.1) is 31.1 Å². The number of carbonyl (C=O) groups is 1. The van der Waals surface area contributed by atoms with Gasteiger partial charge in [-0.3, -0.25) is 4.79 Å². The quantitative estimate of drug-likeness (QED) is 0.812. The summed E-state index contributed by atoms with van der Waals surface area (Å²) >= 11 is 0. The topological polar surface area (TPSA) is 75.4 Å². The number of hydrogen-bond donors (Lipinski definition) is 2. The van der Waals surface area contributed by atoms with Crippen molar-refractivity contribution in [1.29, 1.82) is 0 Å². The van der Waals surface area contributed by atoms with Crippen LogP contribution in [0.4, 0.5) is 0 Å². The number of aliphatic hydroxyl groups is 1. The third-order valence-corrected chi connectivity index (χ3v) is 4.29. The maximum Gasteiger partial charge on any atom is 0.223 e. The number of amides is 1. The van der Waals surface area contributed by atoms with Crippen LogP contribution >= 0.6 is 0 Å². The molecule has 5 heteroatoms. The largest absolute Gasteiger partial charge is 0.392 e. The molecule has 0 saturated carbocycles. The highest BCUT2D eigenvalue weighted by molar-refractivity contribution is 5.78. The van der Waals surface area contributed by atoms with Crippen LogP contribution in [0.25, 0.3) is 0 Å². The van der Waals surface area contributed by atoms with E-state index in [1.807, 2.05) is 48.5 Å². The van der Waals surface area contributed by atoms with Gasteiger partial charge in [0, 0.05) is 23.4 Å². The minimum atomic E-state index is -0.453. The van der Waals surface area contributed by atoms with E-state index in [1.54, 1.807) is 0 Å². The molecule has 0 spiro atoms. The van der Waals surface area contributed by atoms with Gasteiger partial charge in [-0.1, -0.05) is 39.8 Å². The third-order valence-electron chi connectivity index (χ3n) is 4.29. The van der Waals surface area contributed by atoms with Crippen LogP contribution < -0.4 is 5.32 Å². The van der Waals surface area contributed by atoms with Crippen LogP contribution in [0.3, 0.4) is 0 Å². The Morgan fingerprint density at radius 3 is 2.36 bits per heavy atom. The van der Waals surface area contributed by atoms with Gasteiger partial charge in [-0.05, 0) is 26.2 Å². The average molecular weight is 310 g/mol. The fourth-order valence-electron chi connectivity index (χ4n) is 2.69. The van der Waals surface area contributed by atoms with Gasteiger partial charge < -0.3 is 14.9 Å². The molecule has 5 nitrogen and oxygen atoms in total. The van der Waals surface area contributed by atoms with Crippen molar-refractivity contribution in [3.63, 3.8) is 0 Å². The Bertz CT molecular complexity index is 487. The summed E-state index contributed by atoms with van der Waals surface area (Å²) in [6, 6.07) is 0. The Morgan fingerprint density at radius 1 is 1.32 bits per heavy atom. The van der Waals surface area contributed by atoms with Crippen LogP contribution in [0.2, 0.25) is 0 Å². The lowest BCUT2D eigenvalue weighted by atomic mass is 9.80. The zero-order valence-corrected chi connectivity index (χ0v) is 14.9. The Hall–Kier alpha value is -1.36. The number of nitrogens with one attached hydrogen (secondary N) is 1. The number of hydrogen-bond acceptors (Lipinski definition) is 4. The fourth-order valence-corrected chi connectivity index (χ4v) is 2.69. The minimum Gasteiger partial charge on any atom is -0.392 e. The first-order valence-corrected chi connectivity index (χ1v) is 7.93. The maximum absolute atomic E-state index is 12.3. The second-order valence-electron chi connectivity index (χ2n) is 7.30. The van der Waals surface area contributed by atoms with Gasteiger partial charge in [0.15, 0.2) is 0 Å². The number of aliphatic hydroxyl groups excluding tert-OH is 1. The molecule has 1 aromatic heterocycles. The molecule has 126 valence electrons. The normalized spacial score (nSPS) is 15.0. The average Bonchev–Trinajstić information content (AvgIpc) is 2.75. The molecular weight excluding hydrogens is 280 g/mol. The van der Waals surface area contributed by atoms with Gasteiger partial charge in [-0.2, -0.15) is 0 Å². The van der Waals surface area contributed by atoms with Crippen molar-refractivity contribution in [1.82, 2.24) is 10.5 Å². The highest BCUT2D eigenvalue weighted by Crippen LogP contribution is 2.25. The van der Waals surface area contributed by atoms with Crippen molar-refractivity contribution in [3.8, 4) is 0 Å². The molecule has 0 aliphatic heterocycles. The van der Waals surface area contributed by atoms with E-state index in [-0.39, 0.29) is 23.2 Å². The Balaban J connectivity index is 2.58. The zero-order valence-electron chi connectivity index (χ0n) is 14.9. The van der Waals surface area contributed by atoms with Gasteiger partial charge in [0.25, 0.3) is 0 Å². The molecule has 0 bridgehead atoms. The summed E-state index contributed by atoms with van der Waals surface area (Å²) in [5.74, 6) is 0.757. The van der Waals surface area contributed by atoms with E-state index in [4.69, 9.17) is 4.52 Å². The lowest BCUT2D eigenvalue weighted by molar-refractivity contribution is -0.125. The summed E-state index contributed by atoms with van der Waals surface area (Å²) in [5.41, 5.74) is 1.49. The highest BCUT2D eigenvalue weighted by Gasteiger charge is 2.31. The van der Waals surface area contributed by atoms with Crippen LogP contribution in [-0.2, 0) is 11.2 Å². The lowest BCUT2D eigenvalue weighted by Crippen LogP contribution is -2.45. The van der Waals surface area contributed by atoms with Crippen molar-refractivity contribution >= 4 is 5.91 Å². The van der Waals surface area contributed by atoms with Gasteiger partial charge in [0.1, 0.15) is 5.76 Å². The van der Waals surface area contributed by atoms with Crippen molar-refractivity contribution in [3.05, 3.63) is 17.0 Å². The predicted octanol–water partition coefficient (Wildman–Crippen LogP) is 2.63. The Labute approximate surface area is 133 Å². The number of aromatic nitrogens is 1. The number of aryl methyl sites for hydroxylation is 2. The first-order chi connectivity index (χ1) is 10.1. The summed E-state index contributed by atoms with van der Waals surface area (Å²) in [4.78, 5) is 12.3. The molecular formula is C17H30N2O3. The van der Waals surface area contributed by atoms with Crippen molar-refractivity contribution in [2.24, 2.45) is 17.3 Å². The molecule has 2 unspecified atom stereocenters. The van der Waals surface area contributed by atoms with E-state index in [0.717, 1.165) is 17.0 Å². The van der Waals surface area contributed by atoms with Gasteiger partial charge in [0.05, 0.1) is 11.8 Å². The highest BCUT2D eigenvalue weighted by atomic mass is 16.5. The van der Waals surface area contributed by atoms with E-state index in [1.165, 1.54) is 0 Å². The van der Waals surface area contributed by atoms with Crippen LogP contribution in [0.15, 0.2) is 4.52 Å². The van der Waals surface area contributed by atoms with Crippen molar-refractivity contribution in [2.75, 3.05) is 6.54 Å². The third kappa shape index (κ3) is 4.57. The molecule has 2 atom stereocenters. The lowest BCUT2D eigenvalue weighted by Gasteiger charge is -2.33. The second-order valence-corrected chi connectivity index (χ2v) is 7.30. The molecule has 22 heavy (non-hydrogen) atoms. The van der Waals surface area contributed by atoms with Crippen molar-refractivity contribution in [2.45, 2.75) is 61.0 Å². The number of carbonyl (C=O) groups excluding carboxylic acids is 1. The monoisotopic (exact) mass is 310 g/mol. The molecule has 1 rings (SSSR count). The van der Waals surface area contributed by atoms with Crippen LogP contribution in [0.5, 0.6) is 0 Å². The Kier molecular flexibility index (Phi) is 6.17. The van der Waals surface area contributed by atoms with Crippen LogP contribution in [-0.4, -0.2) is 28.8 Å². The molecule has 0 fully saturated rings. The minimum absolute atomic E-state index is 0.0102. The second kappa shape index (κ2) is 7.27. The number of rotatable bonds is 7.